The number of benzene rings is 1. The Morgan fingerprint density at radius 1 is 1.36 bits per heavy atom. The first-order valence-corrected chi connectivity index (χ1v) is 7.76. The number of ether oxygens (including phenoxy) is 1. The van der Waals surface area contributed by atoms with Gasteiger partial charge >= 0.3 is 6.09 Å². The second kappa shape index (κ2) is 6.46. The average Bonchev–Trinajstić information content (AvgIpc) is 2.85. The Balaban J connectivity index is 1.91. The first-order valence-electron chi connectivity index (χ1n) is 7.76. The molecule has 1 aromatic carbocycles. The normalized spacial score (nSPS) is 18.2. The van der Waals surface area contributed by atoms with E-state index in [0.717, 1.165) is 24.3 Å². The van der Waals surface area contributed by atoms with Crippen LogP contribution in [0.15, 0.2) is 24.3 Å². The lowest BCUT2D eigenvalue weighted by Gasteiger charge is -2.24. The van der Waals surface area contributed by atoms with Crippen molar-refractivity contribution in [2.24, 2.45) is 0 Å². The van der Waals surface area contributed by atoms with Crippen molar-refractivity contribution in [1.29, 1.82) is 0 Å². The molecule has 0 aromatic heterocycles. The molecule has 0 radical (unpaired) electrons. The minimum absolute atomic E-state index is 0.223. The number of likely N-dealkylation sites (tertiary alicyclic amines) is 1. The largest absolute Gasteiger partial charge is 0.444 e. The lowest BCUT2D eigenvalue weighted by Crippen LogP contribution is -2.36. The fourth-order valence-electron chi connectivity index (χ4n) is 2.48. The lowest BCUT2D eigenvalue weighted by molar-refractivity contribution is 0.0293. The number of anilines is 2. The minimum atomic E-state index is -0.442. The van der Waals surface area contributed by atoms with Crippen LogP contribution in [0.4, 0.5) is 16.2 Å². The van der Waals surface area contributed by atoms with Gasteiger partial charge in [0.1, 0.15) is 5.60 Å². The Morgan fingerprint density at radius 2 is 2.09 bits per heavy atom. The molecule has 0 spiro atoms. The molecule has 5 heteroatoms. The van der Waals surface area contributed by atoms with Crippen molar-refractivity contribution in [2.75, 3.05) is 37.4 Å². The average molecular weight is 305 g/mol. The van der Waals surface area contributed by atoms with Gasteiger partial charge in [0, 0.05) is 44.6 Å². The molecule has 1 aliphatic heterocycles. The highest BCUT2D eigenvalue weighted by Crippen LogP contribution is 2.21. The molecular weight excluding hydrogens is 278 g/mol. The van der Waals surface area contributed by atoms with E-state index in [-0.39, 0.29) is 12.1 Å². The number of nitrogens with zero attached hydrogens (tertiary/aromatic N) is 2. The highest BCUT2D eigenvalue weighted by molar-refractivity contribution is 5.69. The molecule has 1 atom stereocenters. The second-order valence-corrected chi connectivity index (χ2v) is 7.00. The van der Waals surface area contributed by atoms with Crippen LogP contribution in [-0.2, 0) is 4.74 Å². The van der Waals surface area contributed by atoms with Gasteiger partial charge in [0.05, 0.1) is 0 Å². The molecular formula is C17H27N3O2. The Hall–Kier alpha value is -1.91. The number of amides is 1. The Kier molecular flexibility index (Phi) is 4.84. The van der Waals surface area contributed by atoms with E-state index in [2.05, 4.69) is 28.4 Å². The molecule has 1 saturated heterocycles. The summed E-state index contributed by atoms with van der Waals surface area (Å²) in [5.74, 6) is 0. The van der Waals surface area contributed by atoms with Gasteiger partial charge in [-0.2, -0.15) is 0 Å². The van der Waals surface area contributed by atoms with Crippen molar-refractivity contribution in [3.8, 4) is 0 Å². The van der Waals surface area contributed by atoms with Gasteiger partial charge < -0.3 is 19.9 Å². The van der Waals surface area contributed by atoms with E-state index in [4.69, 9.17) is 4.74 Å². The summed E-state index contributed by atoms with van der Waals surface area (Å²) in [6, 6.07) is 8.56. The molecule has 0 saturated carbocycles. The van der Waals surface area contributed by atoms with Crippen LogP contribution < -0.4 is 10.2 Å². The van der Waals surface area contributed by atoms with Gasteiger partial charge in [-0.05, 0) is 45.4 Å². The maximum Gasteiger partial charge on any atom is 0.410 e. The monoisotopic (exact) mass is 305 g/mol. The topological polar surface area (TPSA) is 44.8 Å². The number of nitrogens with one attached hydrogen (secondary N) is 1. The molecule has 1 fully saturated rings. The van der Waals surface area contributed by atoms with Gasteiger partial charge in [0.2, 0.25) is 0 Å². The Labute approximate surface area is 133 Å². The van der Waals surface area contributed by atoms with Gasteiger partial charge in [0.15, 0.2) is 0 Å². The zero-order valence-electron chi connectivity index (χ0n) is 14.2. The number of carbonyl (C=O) groups excluding carboxylic acids is 1. The summed E-state index contributed by atoms with van der Waals surface area (Å²) in [4.78, 5) is 15.9. The molecule has 1 unspecified atom stereocenters. The summed E-state index contributed by atoms with van der Waals surface area (Å²) in [6.45, 7) is 7.09. The Bertz CT molecular complexity index is 523. The van der Waals surface area contributed by atoms with E-state index in [1.54, 1.807) is 4.90 Å². The third-order valence-electron chi connectivity index (χ3n) is 3.57. The Morgan fingerprint density at radius 3 is 2.73 bits per heavy atom. The van der Waals surface area contributed by atoms with Crippen LogP contribution in [0.1, 0.15) is 27.2 Å². The van der Waals surface area contributed by atoms with Crippen LogP contribution in [-0.4, -0.2) is 49.8 Å². The molecule has 1 amide bonds. The molecule has 22 heavy (non-hydrogen) atoms. The molecule has 0 bridgehead atoms. The van der Waals surface area contributed by atoms with Gasteiger partial charge in [-0.25, -0.2) is 4.79 Å². The minimum Gasteiger partial charge on any atom is -0.444 e. The van der Waals surface area contributed by atoms with Crippen LogP contribution >= 0.6 is 0 Å². The zero-order chi connectivity index (χ0) is 16.3. The third-order valence-corrected chi connectivity index (χ3v) is 3.57. The summed E-state index contributed by atoms with van der Waals surface area (Å²) in [6.07, 6.45) is 0.713. The predicted molar refractivity (Wildman–Crippen MR) is 90.6 cm³/mol. The van der Waals surface area contributed by atoms with Crippen molar-refractivity contribution in [3.05, 3.63) is 24.3 Å². The molecule has 2 rings (SSSR count). The molecule has 1 heterocycles. The van der Waals surface area contributed by atoms with Crippen LogP contribution in [0, 0.1) is 0 Å². The molecule has 0 aliphatic carbocycles. The van der Waals surface area contributed by atoms with Gasteiger partial charge in [-0.3, -0.25) is 0 Å². The number of hydrogen-bond donors (Lipinski definition) is 1. The SMILES string of the molecule is CN(C)c1cccc(NC2CCN(C(=O)OC(C)(C)C)C2)c1. The maximum atomic E-state index is 12.1. The van der Waals surface area contributed by atoms with Crippen molar-refractivity contribution < 1.29 is 9.53 Å². The summed E-state index contributed by atoms with van der Waals surface area (Å²) >= 11 is 0. The summed E-state index contributed by atoms with van der Waals surface area (Å²) in [7, 11) is 4.05. The highest BCUT2D eigenvalue weighted by Gasteiger charge is 2.29. The molecule has 1 N–H and O–H groups in total. The predicted octanol–water partition coefficient (Wildman–Crippen LogP) is 3.17. The standard InChI is InChI=1S/C17H27N3O2/c1-17(2,3)22-16(21)20-10-9-14(12-20)18-13-7-6-8-15(11-13)19(4)5/h6-8,11,14,18H,9-10,12H2,1-5H3. The third kappa shape index (κ3) is 4.55. The fraction of sp³-hybridized carbons (Fsp3) is 0.588. The number of hydrogen-bond acceptors (Lipinski definition) is 4. The van der Waals surface area contributed by atoms with E-state index in [1.165, 1.54) is 0 Å². The van der Waals surface area contributed by atoms with E-state index in [9.17, 15) is 4.79 Å². The van der Waals surface area contributed by atoms with Crippen LogP contribution in [0.2, 0.25) is 0 Å². The molecule has 1 aliphatic rings. The first kappa shape index (κ1) is 16.5. The molecule has 122 valence electrons. The van der Waals surface area contributed by atoms with Gasteiger partial charge in [0.25, 0.3) is 0 Å². The van der Waals surface area contributed by atoms with Crippen LogP contribution in [0.5, 0.6) is 0 Å². The summed E-state index contributed by atoms with van der Waals surface area (Å²) in [5.41, 5.74) is 1.80. The number of carbonyl (C=O) groups is 1. The smallest absolute Gasteiger partial charge is 0.410 e. The van der Waals surface area contributed by atoms with Gasteiger partial charge in [-0.1, -0.05) is 6.07 Å². The van der Waals surface area contributed by atoms with Crippen LogP contribution in [0.3, 0.4) is 0 Å². The fourth-order valence-corrected chi connectivity index (χ4v) is 2.48. The van der Waals surface area contributed by atoms with Crippen molar-refractivity contribution in [3.63, 3.8) is 0 Å². The van der Waals surface area contributed by atoms with Crippen molar-refractivity contribution >= 4 is 17.5 Å². The lowest BCUT2D eigenvalue weighted by atomic mass is 10.2. The van der Waals surface area contributed by atoms with E-state index >= 15 is 0 Å². The molecule has 5 nitrogen and oxygen atoms in total. The van der Waals surface area contributed by atoms with Gasteiger partial charge in [-0.15, -0.1) is 0 Å². The molecule has 1 aromatic rings. The summed E-state index contributed by atoms with van der Waals surface area (Å²) < 4.78 is 5.42. The second-order valence-electron chi connectivity index (χ2n) is 7.00. The van der Waals surface area contributed by atoms with Crippen molar-refractivity contribution in [2.45, 2.75) is 38.8 Å². The number of rotatable bonds is 3. The first-order chi connectivity index (χ1) is 10.2. The van der Waals surface area contributed by atoms with E-state index in [0.29, 0.717) is 6.54 Å². The highest BCUT2D eigenvalue weighted by atomic mass is 16.6. The van der Waals surface area contributed by atoms with E-state index in [1.807, 2.05) is 40.9 Å². The quantitative estimate of drug-likeness (QED) is 0.931. The zero-order valence-corrected chi connectivity index (χ0v) is 14.2. The summed E-state index contributed by atoms with van der Waals surface area (Å²) in [5, 5.41) is 3.51. The maximum absolute atomic E-state index is 12.1. The van der Waals surface area contributed by atoms with Crippen molar-refractivity contribution in [1.82, 2.24) is 4.90 Å². The van der Waals surface area contributed by atoms with E-state index < -0.39 is 5.60 Å². The van der Waals surface area contributed by atoms with Crippen LogP contribution in [0.25, 0.3) is 0 Å².